The summed E-state index contributed by atoms with van der Waals surface area (Å²) in [6.07, 6.45) is 1.48. The van der Waals surface area contributed by atoms with Gasteiger partial charge in [-0.3, -0.25) is 10.1 Å². The molecule has 0 amide bonds. The number of hydrogen-bond acceptors (Lipinski definition) is 3. The van der Waals surface area contributed by atoms with Gasteiger partial charge in [0.1, 0.15) is 5.54 Å². The van der Waals surface area contributed by atoms with Crippen molar-refractivity contribution in [2.24, 2.45) is 11.8 Å². The zero-order valence-electron chi connectivity index (χ0n) is 9.75. The van der Waals surface area contributed by atoms with E-state index in [0.717, 1.165) is 12.8 Å². The number of carbonyl (C=O) groups is 1. The minimum atomic E-state index is -0.726. The predicted octanol–water partition coefficient (Wildman–Crippen LogP) is 1.11. The molecule has 0 aromatic rings. The molecular formula is C11H21NO3. The van der Waals surface area contributed by atoms with Gasteiger partial charge in [-0.2, -0.15) is 0 Å². The second-order valence-electron chi connectivity index (χ2n) is 4.72. The van der Waals surface area contributed by atoms with Gasteiger partial charge < -0.3 is 9.84 Å². The van der Waals surface area contributed by atoms with Gasteiger partial charge in [-0.05, 0) is 24.7 Å². The average Bonchev–Trinajstić information content (AvgIpc) is 2.07. The molecule has 4 heteroatoms. The Morgan fingerprint density at radius 3 is 2.60 bits per heavy atom. The van der Waals surface area contributed by atoms with E-state index in [9.17, 15) is 9.90 Å². The van der Waals surface area contributed by atoms with Crippen LogP contribution in [0.3, 0.4) is 0 Å². The van der Waals surface area contributed by atoms with Crippen molar-refractivity contribution in [3.63, 3.8) is 0 Å². The summed E-state index contributed by atoms with van der Waals surface area (Å²) in [7, 11) is 1.62. The van der Waals surface area contributed by atoms with Crippen LogP contribution < -0.4 is 5.32 Å². The quantitative estimate of drug-likeness (QED) is 0.652. The van der Waals surface area contributed by atoms with Crippen LogP contribution in [-0.4, -0.2) is 36.9 Å². The van der Waals surface area contributed by atoms with E-state index >= 15 is 0 Å². The molecule has 0 unspecified atom stereocenters. The van der Waals surface area contributed by atoms with Crippen molar-refractivity contribution in [3.05, 3.63) is 0 Å². The molecule has 15 heavy (non-hydrogen) atoms. The maximum atomic E-state index is 11.2. The molecule has 1 aliphatic rings. The standard InChI is InChI=1S/C11H21NO3/c1-8(2)9-6-11(7-9,10(13)14)12-4-5-15-3/h8-9,12H,4-7H2,1-3H3,(H,13,14). The first kappa shape index (κ1) is 12.5. The van der Waals surface area contributed by atoms with E-state index in [2.05, 4.69) is 19.2 Å². The highest BCUT2D eigenvalue weighted by molar-refractivity contribution is 5.80. The maximum Gasteiger partial charge on any atom is 0.323 e. The predicted molar refractivity (Wildman–Crippen MR) is 57.8 cm³/mol. The van der Waals surface area contributed by atoms with Gasteiger partial charge in [0.15, 0.2) is 0 Å². The third-order valence-corrected chi connectivity index (χ3v) is 3.34. The van der Waals surface area contributed by atoms with E-state index in [1.165, 1.54) is 0 Å². The number of carboxylic acid groups (broad SMARTS) is 1. The van der Waals surface area contributed by atoms with Crippen LogP contribution in [0.4, 0.5) is 0 Å². The lowest BCUT2D eigenvalue weighted by Gasteiger charge is -2.47. The Hall–Kier alpha value is -0.610. The maximum absolute atomic E-state index is 11.2. The Balaban J connectivity index is 2.43. The van der Waals surface area contributed by atoms with Crippen molar-refractivity contribution in [2.75, 3.05) is 20.3 Å². The molecule has 1 fully saturated rings. The zero-order valence-corrected chi connectivity index (χ0v) is 9.75. The Morgan fingerprint density at radius 1 is 1.60 bits per heavy atom. The minimum absolute atomic E-state index is 0.538. The fourth-order valence-corrected chi connectivity index (χ4v) is 2.09. The molecule has 1 saturated carbocycles. The second kappa shape index (κ2) is 4.94. The number of aliphatic carboxylic acids is 1. The molecule has 1 rings (SSSR count). The highest BCUT2D eigenvalue weighted by Crippen LogP contribution is 2.42. The van der Waals surface area contributed by atoms with Crippen LogP contribution in [0, 0.1) is 11.8 Å². The van der Waals surface area contributed by atoms with Gasteiger partial charge in [0.25, 0.3) is 0 Å². The molecule has 0 aliphatic heterocycles. The molecule has 0 bridgehead atoms. The highest BCUT2D eigenvalue weighted by Gasteiger charge is 2.50. The van der Waals surface area contributed by atoms with Crippen LogP contribution in [0.25, 0.3) is 0 Å². The smallest absolute Gasteiger partial charge is 0.323 e. The molecule has 0 saturated heterocycles. The van der Waals surface area contributed by atoms with Crippen LogP contribution >= 0.6 is 0 Å². The normalized spacial score (nSPS) is 30.3. The first-order chi connectivity index (χ1) is 7.02. The molecule has 88 valence electrons. The van der Waals surface area contributed by atoms with Crippen LogP contribution in [0.2, 0.25) is 0 Å². The van der Waals surface area contributed by atoms with Gasteiger partial charge >= 0.3 is 5.97 Å². The number of rotatable bonds is 6. The molecule has 0 heterocycles. The van der Waals surface area contributed by atoms with E-state index in [1.807, 2.05) is 0 Å². The SMILES string of the molecule is COCCNC1(C(=O)O)CC(C(C)C)C1. The number of carboxylic acids is 1. The van der Waals surface area contributed by atoms with Crippen molar-refractivity contribution >= 4 is 5.97 Å². The second-order valence-corrected chi connectivity index (χ2v) is 4.72. The van der Waals surface area contributed by atoms with Gasteiger partial charge in [0.05, 0.1) is 6.61 Å². The van der Waals surface area contributed by atoms with Crippen LogP contribution in [0.15, 0.2) is 0 Å². The lowest BCUT2D eigenvalue weighted by Crippen LogP contribution is -2.62. The zero-order chi connectivity index (χ0) is 11.5. The van der Waals surface area contributed by atoms with E-state index in [1.54, 1.807) is 7.11 Å². The summed E-state index contributed by atoms with van der Waals surface area (Å²) in [6.45, 7) is 5.45. The third kappa shape index (κ3) is 2.69. The van der Waals surface area contributed by atoms with Crippen molar-refractivity contribution < 1.29 is 14.6 Å². The van der Waals surface area contributed by atoms with E-state index in [4.69, 9.17) is 4.74 Å². The monoisotopic (exact) mass is 215 g/mol. The van der Waals surface area contributed by atoms with E-state index in [-0.39, 0.29) is 0 Å². The van der Waals surface area contributed by atoms with Crippen LogP contribution in [0.1, 0.15) is 26.7 Å². The van der Waals surface area contributed by atoms with Crippen molar-refractivity contribution in [1.82, 2.24) is 5.32 Å². The number of nitrogens with one attached hydrogen (secondary N) is 1. The first-order valence-corrected chi connectivity index (χ1v) is 5.49. The fourth-order valence-electron chi connectivity index (χ4n) is 2.09. The van der Waals surface area contributed by atoms with Gasteiger partial charge in [-0.25, -0.2) is 0 Å². The largest absolute Gasteiger partial charge is 0.480 e. The molecule has 0 atom stereocenters. The topological polar surface area (TPSA) is 58.6 Å². The molecule has 4 nitrogen and oxygen atoms in total. The number of methoxy groups -OCH3 is 1. The molecule has 0 aromatic heterocycles. The van der Waals surface area contributed by atoms with Gasteiger partial charge in [0.2, 0.25) is 0 Å². The summed E-state index contributed by atoms with van der Waals surface area (Å²) in [5.74, 6) is 0.383. The summed E-state index contributed by atoms with van der Waals surface area (Å²) in [5.41, 5.74) is -0.687. The fraction of sp³-hybridized carbons (Fsp3) is 0.909. The van der Waals surface area contributed by atoms with Gasteiger partial charge in [-0.1, -0.05) is 13.8 Å². The Bertz CT molecular complexity index is 222. The molecule has 2 N–H and O–H groups in total. The summed E-state index contributed by atoms with van der Waals surface area (Å²) >= 11 is 0. The van der Waals surface area contributed by atoms with Crippen LogP contribution in [0.5, 0.6) is 0 Å². The molecule has 0 aromatic carbocycles. The highest BCUT2D eigenvalue weighted by atomic mass is 16.5. The van der Waals surface area contributed by atoms with Gasteiger partial charge in [0, 0.05) is 13.7 Å². The average molecular weight is 215 g/mol. The van der Waals surface area contributed by atoms with Crippen molar-refractivity contribution in [2.45, 2.75) is 32.2 Å². The first-order valence-electron chi connectivity index (χ1n) is 5.49. The molecule has 0 spiro atoms. The number of ether oxygens (including phenoxy) is 1. The third-order valence-electron chi connectivity index (χ3n) is 3.34. The lowest BCUT2D eigenvalue weighted by molar-refractivity contribution is -0.152. The Labute approximate surface area is 91.0 Å². The summed E-state index contributed by atoms with van der Waals surface area (Å²) in [4.78, 5) is 11.2. The summed E-state index contributed by atoms with van der Waals surface area (Å²) in [5, 5.41) is 12.3. The molecule has 1 aliphatic carbocycles. The minimum Gasteiger partial charge on any atom is -0.480 e. The van der Waals surface area contributed by atoms with Crippen molar-refractivity contribution in [1.29, 1.82) is 0 Å². The van der Waals surface area contributed by atoms with Gasteiger partial charge in [-0.15, -0.1) is 0 Å². The lowest BCUT2D eigenvalue weighted by atomic mass is 9.64. The van der Waals surface area contributed by atoms with Crippen molar-refractivity contribution in [3.8, 4) is 0 Å². The summed E-state index contributed by atoms with van der Waals surface area (Å²) in [6, 6.07) is 0. The van der Waals surface area contributed by atoms with Crippen LogP contribution in [-0.2, 0) is 9.53 Å². The molecular weight excluding hydrogens is 194 g/mol. The Morgan fingerprint density at radius 2 is 2.20 bits per heavy atom. The Kier molecular flexibility index (Phi) is 4.11. The molecule has 0 radical (unpaired) electrons. The number of hydrogen-bond donors (Lipinski definition) is 2. The summed E-state index contributed by atoms with van der Waals surface area (Å²) < 4.78 is 4.90. The van der Waals surface area contributed by atoms with E-state index in [0.29, 0.717) is 25.0 Å². The van der Waals surface area contributed by atoms with E-state index < -0.39 is 11.5 Å².